The number of benzene rings is 1. The summed E-state index contributed by atoms with van der Waals surface area (Å²) < 4.78 is 2.41. The van der Waals surface area contributed by atoms with E-state index in [4.69, 9.17) is 0 Å². The van der Waals surface area contributed by atoms with Crippen LogP contribution >= 0.6 is 15.9 Å². The third-order valence-electron chi connectivity index (χ3n) is 3.03. The number of anilines is 1. The van der Waals surface area contributed by atoms with Crippen LogP contribution in [0.25, 0.3) is 0 Å². The Balaban J connectivity index is 1.98. The van der Waals surface area contributed by atoms with E-state index in [9.17, 15) is 9.90 Å². The Morgan fingerprint density at radius 3 is 2.95 bits per heavy atom. The molecular formula is C14H17BrN4O2. The first-order valence-electron chi connectivity index (χ1n) is 6.63. The minimum absolute atomic E-state index is 0.0541. The van der Waals surface area contributed by atoms with Crippen molar-refractivity contribution in [3.05, 3.63) is 40.1 Å². The highest BCUT2D eigenvalue weighted by atomic mass is 79.9. The van der Waals surface area contributed by atoms with Crippen LogP contribution in [0.15, 0.2) is 28.9 Å². The van der Waals surface area contributed by atoms with Crippen molar-refractivity contribution in [3.8, 4) is 0 Å². The van der Waals surface area contributed by atoms with Gasteiger partial charge in [-0.25, -0.2) is 4.68 Å². The van der Waals surface area contributed by atoms with Gasteiger partial charge in [0.25, 0.3) is 0 Å². The van der Waals surface area contributed by atoms with Crippen LogP contribution in [0.3, 0.4) is 0 Å². The van der Waals surface area contributed by atoms with Gasteiger partial charge in [-0.2, -0.15) is 0 Å². The summed E-state index contributed by atoms with van der Waals surface area (Å²) in [5.41, 5.74) is 2.25. The Morgan fingerprint density at radius 1 is 1.52 bits per heavy atom. The van der Waals surface area contributed by atoms with Crippen molar-refractivity contribution in [2.75, 3.05) is 5.32 Å². The molecule has 0 radical (unpaired) electrons. The average Bonchev–Trinajstić information content (AvgIpc) is 2.90. The highest BCUT2D eigenvalue weighted by Crippen LogP contribution is 2.20. The lowest BCUT2D eigenvalue weighted by Gasteiger charge is -2.07. The summed E-state index contributed by atoms with van der Waals surface area (Å²) in [7, 11) is 0. The fourth-order valence-electron chi connectivity index (χ4n) is 1.82. The molecule has 7 heteroatoms. The molecule has 1 aromatic carbocycles. The summed E-state index contributed by atoms with van der Waals surface area (Å²) in [5.74, 6) is -0.195. The van der Waals surface area contributed by atoms with Gasteiger partial charge >= 0.3 is 0 Å². The second kappa shape index (κ2) is 6.82. The quantitative estimate of drug-likeness (QED) is 0.865. The number of halogens is 1. The van der Waals surface area contributed by atoms with Gasteiger partial charge in [0, 0.05) is 10.2 Å². The molecule has 0 aliphatic carbocycles. The maximum Gasteiger partial charge on any atom is 0.246 e. The molecule has 1 aromatic heterocycles. The van der Waals surface area contributed by atoms with Gasteiger partial charge < -0.3 is 10.4 Å². The van der Waals surface area contributed by atoms with E-state index < -0.39 is 6.10 Å². The van der Waals surface area contributed by atoms with E-state index in [-0.39, 0.29) is 12.5 Å². The predicted molar refractivity (Wildman–Crippen MR) is 82.8 cm³/mol. The largest absolute Gasteiger partial charge is 0.387 e. The lowest BCUT2D eigenvalue weighted by molar-refractivity contribution is -0.116. The highest BCUT2D eigenvalue weighted by Gasteiger charge is 2.11. The SMILES string of the molecule is CCC(O)c1cn(CC(=O)Nc2ccc(Br)c(C)c2)nn1. The third-order valence-corrected chi connectivity index (χ3v) is 3.92. The molecule has 0 saturated carbocycles. The fourth-order valence-corrected chi connectivity index (χ4v) is 2.07. The second-order valence-electron chi connectivity index (χ2n) is 4.78. The number of hydrogen-bond donors (Lipinski definition) is 2. The predicted octanol–water partition coefficient (Wildman–Crippen LogP) is 2.43. The highest BCUT2D eigenvalue weighted by molar-refractivity contribution is 9.10. The van der Waals surface area contributed by atoms with Crippen molar-refractivity contribution in [2.24, 2.45) is 0 Å². The average molecular weight is 353 g/mol. The van der Waals surface area contributed by atoms with Crippen LogP contribution in [0.4, 0.5) is 5.69 Å². The summed E-state index contributed by atoms with van der Waals surface area (Å²) in [6.45, 7) is 3.86. The van der Waals surface area contributed by atoms with Gasteiger partial charge in [0.05, 0.1) is 12.3 Å². The number of aryl methyl sites for hydroxylation is 1. The molecule has 2 N–H and O–H groups in total. The van der Waals surface area contributed by atoms with E-state index >= 15 is 0 Å². The molecule has 0 aliphatic heterocycles. The number of amides is 1. The number of aromatic nitrogens is 3. The van der Waals surface area contributed by atoms with Crippen molar-refractivity contribution >= 4 is 27.5 Å². The molecule has 0 bridgehead atoms. The van der Waals surface area contributed by atoms with Crippen LogP contribution in [0, 0.1) is 6.92 Å². The molecule has 1 unspecified atom stereocenters. The van der Waals surface area contributed by atoms with Gasteiger partial charge in [-0.1, -0.05) is 28.1 Å². The number of nitrogens with one attached hydrogen (secondary N) is 1. The lowest BCUT2D eigenvalue weighted by atomic mass is 10.2. The maximum absolute atomic E-state index is 12.0. The minimum atomic E-state index is -0.643. The third kappa shape index (κ3) is 4.12. The Bertz CT molecular complexity index is 642. The monoisotopic (exact) mass is 352 g/mol. The molecule has 0 fully saturated rings. The molecule has 0 spiro atoms. The van der Waals surface area contributed by atoms with E-state index in [1.54, 1.807) is 6.20 Å². The lowest BCUT2D eigenvalue weighted by Crippen LogP contribution is -2.19. The second-order valence-corrected chi connectivity index (χ2v) is 5.63. The van der Waals surface area contributed by atoms with Gasteiger partial charge in [0.2, 0.25) is 5.91 Å². The van der Waals surface area contributed by atoms with E-state index in [0.29, 0.717) is 12.1 Å². The van der Waals surface area contributed by atoms with Gasteiger partial charge in [0.1, 0.15) is 12.2 Å². The Morgan fingerprint density at radius 2 is 2.29 bits per heavy atom. The van der Waals surface area contributed by atoms with Gasteiger partial charge in [0.15, 0.2) is 0 Å². The zero-order valence-corrected chi connectivity index (χ0v) is 13.5. The summed E-state index contributed by atoms with van der Waals surface area (Å²) in [4.78, 5) is 12.0. The molecule has 21 heavy (non-hydrogen) atoms. The van der Waals surface area contributed by atoms with Crippen LogP contribution in [-0.4, -0.2) is 26.0 Å². The number of aliphatic hydroxyl groups is 1. The summed E-state index contributed by atoms with van der Waals surface area (Å²) >= 11 is 3.41. The van der Waals surface area contributed by atoms with Gasteiger partial charge in [-0.05, 0) is 37.1 Å². The van der Waals surface area contributed by atoms with Crippen molar-refractivity contribution in [1.29, 1.82) is 0 Å². The van der Waals surface area contributed by atoms with E-state index in [1.165, 1.54) is 4.68 Å². The molecule has 2 aromatic rings. The van der Waals surface area contributed by atoms with Crippen LogP contribution in [-0.2, 0) is 11.3 Å². The zero-order chi connectivity index (χ0) is 15.4. The van der Waals surface area contributed by atoms with E-state index in [2.05, 4.69) is 31.6 Å². The molecular weight excluding hydrogens is 336 g/mol. The molecule has 6 nitrogen and oxygen atoms in total. The smallest absolute Gasteiger partial charge is 0.246 e. The molecule has 0 saturated heterocycles. The molecule has 2 rings (SSSR count). The number of hydrogen-bond acceptors (Lipinski definition) is 4. The summed E-state index contributed by atoms with van der Waals surface area (Å²) in [6, 6.07) is 5.59. The summed E-state index contributed by atoms with van der Waals surface area (Å²) in [5, 5.41) is 20.1. The first-order valence-corrected chi connectivity index (χ1v) is 7.43. The van der Waals surface area contributed by atoms with E-state index in [1.807, 2.05) is 32.0 Å². The Kier molecular flexibility index (Phi) is 5.08. The van der Waals surface area contributed by atoms with Crippen LogP contribution in [0.2, 0.25) is 0 Å². The number of rotatable bonds is 5. The Labute approximate surface area is 131 Å². The topological polar surface area (TPSA) is 80.0 Å². The summed E-state index contributed by atoms with van der Waals surface area (Å²) in [6.07, 6.45) is 1.50. The standard InChI is InChI=1S/C14H17BrN4O2/c1-3-13(20)12-7-19(18-17-12)8-14(21)16-10-4-5-11(15)9(2)6-10/h4-7,13,20H,3,8H2,1-2H3,(H,16,21). The number of aliphatic hydroxyl groups excluding tert-OH is 1. The number of nitrogens with zero attached hydrogens (tertiary/aromatic N) is 3. The van der Waals surface area contributed by atoms with Gasteiger partial charge in [-0.15, -0.1) is 5.10 Å². The molecule has 1 atom stereocenters. The molecule has 1 heterocycles. The maximum atomic E-state index is 12.0. The van der Waals surface area contributed by atoms with Crippen molar-refractivity contribution in [3.63, 3.8) is 0 Å². The van der Waals surface area contributed by atoms with Crippen LogP contribution < -0.4 is 5.32 Å². The fraction of sp³-hybridized carbons (Fsp3) is 0.357. The Hall–Kier alpha value is -1.73. The number of carbonyl (C=O) groups is 1. The van der Waals surface area contributed by atoms with Gasteiger partial charge in [-0.3, -0.25) is 4.79 Å². The molecule has 1 amide bonds. The zero-order valence-electron chi connectivity index (χ0n) is 11.9. The normalized spacial score (nSPS) is 12.2. The van der Waals surface area contributed by atoms with Crippen molar-refractivity contribution in [2.45, 2.75) is 32.9 Å². The minimum Gasteiger partial charge on any atom is -0.387 e. The van der Waals surface area contributed by atoms with Crippen LogP contribution in [0.5, 0.6) is 0 Å². The molecule has 112 valence electrons. The first kappa shape index (κ1) is 15.7. The molecule has 0 aliphatic rings. The first-order chi connectivity index (χ1) is 9.99. The van der Waals surface area contributed by atoms with Crippen molar-refractivity contribution in [1.82, 2.24) is 15.0 Å². The van der Waals surface area contributed by atoms with Crippen LogP contribution in [0.1, 0.15) is 30.7 Å². The van der Waals surface area contributed by atoms with Crippen molar-refractivity contribution < 1.29 is 9.90 Å². The van der Waals surface area contributed by atoms with E-state index in [0.717, 1.165) is 15.7 Å². The number of carbonyl (C=O) groups excluding carboxylic acids is 1.